The van der Waals surface area contributed by atoms with Gasteiger partial charge in [0, 0.05) is 37.9 Å². The van der Waals surface area contributed by atoms with E-state index in [1.807, 2.05) is 42.2 Å². The van der Waals surface area contributed by atoms with Gasteiger partial charge in [-0.25, -0.2) is 4.79 Å². The number of urea groups is 1. The first kappa shape index (κ1) is 32.0. The van der Waals surface area contributed by atoms with Gasteiger partial charge < -0.3 is 25.2 Å². The molecule has 3 amide bonds. The summed E-state index contributed by atoms with van der Waals surface area (Å²) in [6.07, 6.45) is 7.15. The van der Waals surface area contributed by atoms with E-state index >= 15 is 0 Å². The Morgan fingerprint density at radius 1 is 0.927 bits per heavy atom. The quantitative estimate of drug-likeness (QED) is 0.272. The summed E-state index contributed by atoms with van der Waals surface area (Å²) in [4.78, 5) is 30.5. The predicted molar refractivity (Wildman–Crippen MR) is 168 cm³/mol. The van der Waals surface area contributed by atoms with Crippen molar-refractivity contribution < 1.29 is 14.3 Å². The van der Waals surface area contributed by atoms with E-state index in [2.05, 4.69) is 73.6 Å². The molecule has 1 heterocycles. The monoisotopic (exact) mass is 562 g/mol. The topological polar surface area (TPSA) is 73.9 Å². The highest BCUT2D eigenvalue weighted by Crippen LogP contribution is 2.21. The molecule has 7 heteroatoms. The molecule has 2 N–H and O–H groups in total. The third kappa shape index (κ3) is 11.5. The standard InChI is InChI=1S/C34H50N4O3/c1-26(2)19-22-38(30-15-17-31(18-16-30)41-25-29-13-9-8-10-14-29)24-28(5)35-33(39)32(23-27(3)4)36-34(40)37-20-11-6-7-12-21-37/h8-10,13-19,27-28,32H,6-7,11-12,20-25H2,1-5H3,(H,35,39)(H,36,40)/t28-,32+/m0/s1. The fourth-order valence-electron chi connectivity index (χ4n) is 5.01. The largest absolute Gasteiger partial charge is 0.489 e. The molecule has 0 spiro atoms. The number of nitrogens with one attached hydrogen (secondary N) is 2. The number of rotatable bonds is 13. The van der Waals surface area contributed by atoms with Crippen LogP contribution in [0.2, 0.25) is 0 Å². The maximum Gasteiger partial charge on any atom is 0.318 e. The molecule has 7 nitrogen and oxygen atoms in total. The lowest BCUT2D eigenvalue weighted by Crippen LogP contribution is -2.54. The molecule has 0 aromatic heterocycles. The van der Waals surface area contributed by atoms with Gasteiger partial charge in [-0.1, -0.05) is 68.7 Å². The van der Waals surface area contributed by atoms with E-state index in [9.17, 15) is 9.59 Å². The molecule has 2 atom stereocenters. The van der Waals surface area contributed by atoms with Crippen LogP contribution in [0.4, 0.5) is 10.5 Å². The Morgan fingerprint density at radius 3 is 2.20 bits per heavy atom. The molecule has 41 heavy (non-hydrogen) atoms. The lowest BCUT2D eigenvalue weighted by Gasteiger charge is -2.30. The van der Waals surface area contributed by atoms with Crippen LogP contribution in [0.5, 0.6) is 5.75 Å². The van der Waals surface area contributed by atoms with Gasteiger partial charge in [-0.05, 0) is 75.8 Å². The molecule has 0 unspecified atom stereocenters. The third-order valence-electron chi connectivity index (χ3n) is 7.27. The minimum absolute atomic E-state index is 0.119. The van der Waals surface area contributed by atoms with Gasteiger partial charge in [0.15, 0.2) is 0 Å². The van der Waals surface area contributed by atoms with Crippen LogP contribution in [0.25, 0.3) is 0 Å². The number of allylic oxidation sites excluding steroid dienone is 1. The molecule has 1 fully saturated rings. The number of amides is 3. The number of hydrogen-bond donors (Lipinski definition) is 2. The summed E-state index contributed by atoms with van der Waals surface area (Å²) in [6, 6.07) is 17.5. The lowest BCUT2D eigenvalue weighted by atomic mass is 10.0. The first-order valence-electron chi connectivity index (χ1n) is 15.2. The molecule has 0 saturated carbocycles. The van der Waals surface area contributed by atoms with Crippen LogP contribution in [-0.2, 0) is 11.4 Å². The Kier molecular flexibility index (Phi) is 13.1. The van der Waals surface area contributed by atoms with E-state index in [0.29, 0.717) is 19.6 Å². The van der Waals surface area contributed by atoms with Crippen LogP contribution >= 0.6 is 0 Å². The Hall–Kier alpha value is -3.48. The van der Waals surface area contributed by atoms with Crippen LogP contribution < -0.4 is 20.3 Å². The van der Waals surface area contributed by atoms with Gasteiger partial charge in [-0.15, -0.1) is 0 Å². The van der Waals surface area contributed by atoms with Crippen LogP contribution in [0.3, 0.4) is 0 Å². The van der Waals surface area contributed by atoms with Gasteiger partial charge in [-0.3, -0.25) is 4.79 Å². The molecule has 1 aliphatic heterocycles. The summed E-state index contributed by atoms with van der Waals surface area (Å²) in [5.74, 6) is 0.973. The van der Waals surface area contributed by atoms with Crippen molar-refractivity contribution in [3.8, 4) is 5.75 Å². The number of ether oxygens (including phenoxy) is 1. The summed E-state index contributed by atoms with van der Waals surface area (Å²) in [7, 11) is 0. The maximum absolute atomic E-state index is 13.4. The molecule has 2 aromatic carbocycles. The minimum atomic E-state index is -0.555. The van der Waals surface area contributed by atoms with E-state index in [1.165, 1.54) is 5.57 Å². The van der Waals surface area contributed by atoms with Crippen LogP contribution in [-0.4, -0.2) is 55.1 Å². The molecule has 0 radical (unpaired) electrons. The Bertz CT molecular complexity index is 1090. The summed E-state index contributed by atoms with van der Waals surface area (Å²) in [6.45, 7) is 13.8. The Labute approximate surface area is 247 Å². The third-order valence-corrected chi connectivity index (χ3v) is 7.27. The van der Waals surface area contributed by atoms with Gasteiger partial charge >= 0.3 is 6.03 Å². The van der Waals surface area contributed by atoms with Gasteiger partial charge in [0.2, 0.25) is 5.91 Å². The van der Waals surface area contributed by atoms with E-state index in [-0.39, 0.29) is 23.9 Å². The lowest BCUT2D eigenvalue weighted by molar-refractivity contribution is -0.123. The fraction of sp³-hybridized carbons (Fsp3) is 0.529. The van der Waals surface area contributed by atoms with Crippen molar-refractivity contribution in [1.82, 2.24) is 15.5 Å². The van der Waals surface area contributed by atoms with Crippen LogP contribution in [0.15, 0.2) is 66.2 Å². The number of benzene rings is 2. The zero-order chi connectivity index (χ0) is 29.6. The molecule has 0 bridgehead atoms. The van der Waals surface area contributed by atoms with Gasteiger partial charge in [0.1, 0.15) is 18.4 Å². The maximum atomic E-state index is 13.4. The molecule has 3 rings (SSSR count). The second-order valence-corrected chi connectivity index (χ2v) is 11.9. The van der Waals surface area contributed by atoms with E-state index in [0.717, 1.165) is 62.3 Å². The van der Waals surface area contributed by atoms with E-state index < -0.39 is 6.04 Å². The Balaban J connectivity index is 1.62. The summed E-state index contributed by atoms with van der Waals surface area (Å²) >= 11 is 0. The first-order valence-corrected chi connectivity index (χ1v) is 15.2. The number of hydrogen-bond acceptors (Lipinski definition) is 4. The summed E-state index contributed by atoms with van der Waals surface area (Å²) in [5.41, 5.74) is 3.43. The van der Waals surface area contributed by atoms with Crippen molar-refractivity contribution in [3.63, 3.8) is 0 Å². The molecular weight excluding hydrogens is 512 g/mol. The Morgan fingerprint density at radius 2 is 1.59 bits per heavy atom. The molecule has 2 aromatic rings. The SMILES string of the molecule is CC(C)=CCN(C[C@H](C)NC(=O)[C@@H](CC(C)C)NC(=O)N1CCCCCC1)c1ccc(OCc2ccccc2)cc1. The predicted octanol–water partition coefficient (Wildman–Crippen LogP) is 6.54. The van der Waals surface area contributed by atoms with Gasteiger partial charge in [0.05, 0.1) is 0 Å². The number of likely N-dealkylation sites (tertiary alicyclic amines) is 1. The van der Waals surface area contributed by atoms with Gasteiger partial charge in [0.25, 0.3) is 0 Å². The highest BCUT2D eigenvalue weighted by atomic mass is 16.5. The number of carbonyl (C=O) groups is 2. The van der Waals surface area contributed by atoms with Crippen molar-refractivity contribution in [2.24, 2.45) is 5.92 Å². The number of carbonyl (C=O) groups excluding carboxylic acids is 2. The van der Waals surface area contributed by atoms with Crippen molar-refractivity contribution in [2.75, 3.05) is 31.1 Å². The first-order chi connectivity index (χ1) is 19.7. The highest BCUT2D eigenvalue weighted by Gasteiger charge is 2.26. The van der Waals surface area contributed by atoms with E-state index in [1.54, 1.807) is 0 Å². The van der Waals surface area contributed by atoms with E-state index in [4.69, 9.17) is 4.74 Å². The molecule has 1 aliphatic rings. The average molecular weight is 563 g/mol. The second-order valence-electron chi connectivity index (χ2n) is 11.9. The van der Waals surface area contributed by atoms with Crippen molar-refractivity contribution in [1.29, 1.82) is 0 Å². The molecule has 0 aliphatic carbocycles. The van der Waals surface area contributed by atoms with Crippen molar-refractivity contribution in [2.45, 2.75) is 85.4 Å². The number of anilines is 1. The normalized spacial score (nSPS) is 14.9. The summed E-state index contributed by atoms with van der Waals surface area (Å²) < 4.78 is 5.97. The average Bonchev–Trinajstić information content (AvgIpc) is 3.24. The van der Waals surface area contributed by atoms with Crippen LogP contribution in [0, 0.1) is 5.92 Å². The zero-order valence-corrected chi connectivity index (χ0v) is 25.7. The number of nitrogens with zero attached hydrogens (tertiary/aromatic N) is 2. The zero-order valence-electron chi connectivity index (χ0n) is 25.7. The van der Waals surface area contributed by atoms with Crippen molar-refractivity contribution >= 4 is 17.6 Å². The fourth-order valence-corrected chi connectivity index (χ4v) is 5.01. The highest BCUT2D eigenvalue weighted by molar-refractivity contribution is 5.87. The minimum Gasteiger partial charge on any atom is -0.489 e. The molecular formula is C34H50N4O3. The van der Waals surface area contributed by atoms with Crippen molar-refractivity contribution in [3.05, 3.63) is 71.8 Å². The smallest absolute Gasteiger partial charge is 0.318 e. The second kappa shape index (κ2) is 16.7. The van der Waals surface area contributed by atoms with Crippen LogP contribution in [0.1, 0.15) is 72.3 Å². The summed E-state index contributed by atoms with van der Waals surface area (Å²) in [5, 5.41) is 6.23. The molecule has 224 valence electrons. The molecule has 1 saturated heterocycles. The van der Waals surface area contributed by atoms with Gasteiger partial charge in [-0.2, -0.15) is 0 Å².